The second-order valence-electron chi connectivity index (χ2n) is 11.2. The van der Waals surface area contributed by atoms with E-state index in [1.54, 1.807) is 0 Å². The first-order chi connectivity index (χ1) is 20.6. The lowest BCUT2D eigenvalue weighted by atomic mass is 10.1. The van der Waals surface area contributed by atoms with Crippen molar-refractivity contribution in [3.8, 4) is 0 Å². The summed E-state index contributed by atoms with van der Waals surface area (Å²) in [5.41, 5.74) is 0. The predicted molar refractivity (Wildman–Crippen MR) is 177 cm³/mol. The number of carbonyl (C=O) groups is 2. The Labute approximate surface area is 258 Å². The van der Waals surface area contributed by atoms with Crippen LogP contribution in [0.5, 0.6) is 0 Å². The Bertz CT molecular complexity index is 722. The quantitative estimate of drug-likeness (QED) is 0.0513. The largest absolute Gasteiger partial charge is 0.462 e. The van der Waals surface area contributed by atoms with Gasteiger partial charge in [0, 0.05) is 12.8 Å². The van der Waals surface area contributed by atoms with Crippen molar-refractivity contribution in [1.82, 2.24) is 0 Å². The Morgan fingerprint density at radius 2 is 0.952 bits per heavy atom. The smallest absolute Gasteiger partial charge is 0.306 e. The minimum Gasteiger partial charge on any atom is -0.462 e. The minimum atomic E-state index is -0.793. The van der Waals surface area contributed by atoms with Gasteiger partial charge in [0.1, 0.15) is 6.61 Å². The molecule has 0 aromatic heterocycles. The number of hydrogen-bond acceptors (Lipinski definition) is 5. The molecular formula is C37H64O5. The summed E-state index contributed by atoms with van der Waals surface area (Å²) in [4.78, 5) is 24.1. The van der Waals surface area contributed by atoms with Gasteiger partial charge in [-0.25, -0.2) is 0 Å². The van der Waals surface area contributed by atoms with Gasteiger partial charge in [-0.2, -0.15) is 0 Å². The number of carbonyl (C=O) groups excluding carboxylic acids is 2. The molecule has 0 saturated carbocycles. The summed E-state index contributed by atoms with van der Waals surface area (Å²) in [5, 5.41) is 9.50. The lowest BCUT2D eigenvalue weighted by Gasteiger charge is -2.15. The monoisotopic (exact) mass is 588 g/mol. The van der Waals surface area contributed by atoms with Crippen LogP contribution in [0.4, 0.5) is 0 Å². The fourth-order valence-electron chi connectivity index (χ4n) is 4.43. The van der Waals surface area contributed by atoms with Gasteiger partial charge >= 0.3 is 11.9 Å². The summed E-state index contributed by atoms with van der Waals surface area (Å²) in [5.74, 6) is -0.651. The number of esters is 2. The zero-order valence-corrected chi connectivity index (χ0v) is 27.2. The zero-order valence-electron chi connectivity index (χ0n) is 27.2. The second kappa shape index (κ2) is 33.4. The molecule has 0 aliphatic carbocycles. The number of allylic oxidation sites excluding steroid dienone is 8. The molecule has 0 fully saturated rings. The topological polar surface area (TPSA) is 72.8 Å². The van der Waals surface area contributed by atoms with E-state index in [0.717, 1.165) is 57.8 Å². The summed E-state index contributed by atoms with van der Waals surface area (Å²) in [6, 6.07) is 0. The van der Waals surface area contributed by atoms with E-state index >= 15 is 0 Å². The lowest BCUT2D eigenvalue weighted by molar-refractivity contribution is -0.161. The Balaban J connectivity index is 3.69. The van der Waals surface area contributed by atoms with Gasteiger partial charge in [0.25, 0.3) is 0 Å². The molecule has 0 aromatic carbocycles. The molecule has 0 bridgehead atoms. The molecule has 42 heavy (non-hydrogen) atoms. The van der Waals surface area contributed by atoms with Crippen molar-refractivity contribution in [2.45, 2.75) is 161 Å². The van der Waals surface area contributed by atoms with E-state index in [-0.39, 0.29) is 25.2 Å². The molecule has 0 spiro atoms. The van der Waals surface area contributed by atoms with Crippen molar-refractivity contribution in [2.24, 2.45) is 0 Å². The fourth-order valence-corrected chi connectivity index (χ4v) is 4.43. The van der Waals surface area contributed by atoms with Gasteiger partial charge in [0.05, 0.1) is 6.61 Å². The van der Waals surface area contributed by atoms with Crippen molar-refractivity contribution in [3.63, 3.8) is 0 Å². The highest BCUT2D eigenvalue weighted by atomic mass is 16.6. The molecule has 0 amide bonds. The average molecular weight is 589 g/mol. The standard InChI is InChI=1S/C37H64O5/c1-3-5-7-9-11-13-15-17-18-20-22-24-26-28-30-32-37(40)42-35(33-38)34-41-36(39)31-29-27-25-23-21-19-16-14-12-10-8-6-4-2/h11,13-14,16-18,22,24,35,38H,3-10,12,15,19-21,23,25-34H2,1-2H3. The summed E-state index contributed by atoms with van der Waals surface area (Å²) < 4.78 is 10.5. The maximum Gasteiger partial charge on any atom is 0.306 e. The molecule has 0 aromatic rings. The lowest BCUT2D eigenvalue weighted by Crippen LogP contribution is -2.28. The number of unbranched alkanes of at least 4 members (excludes halogenated alkanes) is 14. The Morgan fingerprint density at radius 1 is 0.548 bits per heavy atom. The summed E-state index contributed by atoms with van der Waals surface area (Å²) >= 11 is 0. The molecule has 1 atom stereocenters. The molecule has 0 aliphatic heterocycles. The normalized spacial score (nSPS) is 12.7. The summed E-state index contributed by atoms with van der Waals surface area (Å²) in [7, 11) is 0. The van der Waals surface area contributed by atoms with Gasteiger partial charge in [-0.3, -0.25) is 9.59 Å². The fraction of sp³-hybridized carbons (Fsp3) is 0.730. The van der Waals surface area contributed by atoms with E-state index in [9.17, 15) is 14.7 Å². The Morgan fingerprint density at radius 3 is 1.55 bits per heavy atom. The molecule has 0 rings (SSSR count). The molecule has 0 radical (unpaired) electrons. The molecular weight excluding hydrogens is 524 g/mol. The Kier molecular flexibility index (Phi) is 31.7. The van der Waals surface area contributed by atoms with Crippen molar-refractivity contribution in [2.75, 3.05) is 13.2 Å². The van der Waals surface area contributed by atoms with Crippen LogP contribution in [-0.4, -0.2) is 36.4 Å². The summed E-state index contributed by atoms with van der Waals surface area (Å²) in [6.45, 7) is 4.03. The molecule has 0 heterocycles. The number of rotatable bonds is 30. The molecule has 0 aliphatic rings. The van der Waals surface area contributed by atoms with Crippen LogP contribution < -0.4 is 0 Å². The number of aliphatic hydroxyl groups is 1. The highest BCUT2D eigenvalue weighted by molar-refractivity contribution is 5.70. The molecule has 5 nitrogen and oxygen atoms in total. The van der Waals surface area contributed by atoms with Crippen molar-refractivity contribution in [3.05, 3.63) is 48.6 Å². The van der Waals surface area contributed by atoms with Crippen LogP contribution in [0.15, 0.2) is 48.6 Å². The van der Waals surface area contributed by atoms with Gasteiger partial charge in [0.2, 0.25) is 0 Å². The first-order valence-corrected chi connectivity index (χ1v) is 17.2. The van der Waals surface area contributed by atoms with Gasteiger partial charge in [-0.15, -0.1) is 0 Å². The van der Waals surface area contributed by atoms with Gasteiger partial charge in [-0.1, -0.05) is 114 Å². The third-order valence-corrected chi connectivity index (χ3v) is 7.10. The van der Waals surface area contributed by atoms with Crippen LogP contribution in [0.2, 0.25) is 0 Å². The van der Waals surface area contributed by atoms with Crippen LogP contribution in [0.3, 0.4) is 0 Å². The molecule has 5 heteroatoms. The van der Waals surface area contributed by atoms with E-state index in [1.807, 2.05) is 0 Å². The molecule has 242 valence electrons. The number of ether oxygens (including phenoxy) is 2. The third-order valence-electron chi connectivity index (χ3n) is 7.10. The number of hydrogen-bond donors (Lipinski definition) is 1. The van der Waals surface area contributed by atoms with Crippen LogP contribution in [0, 0.1) is 0 Å². The minimum absolute atomic E-state index is 0.0866. The van der Waals surface area contributed by atoms with E-state index in [4.69, 9.17) is 9.47 Å². The summed E-state index contributed by atoms with van der Waals surface area (Å²) in [6.07, 6.45) is 40.2. The Hall–Kier alpha value is -2.14. The van der Waals surface area contributed by atoms with E-state index in [2.05, 4.69) is 62.5 Å². The van der Waals surface area contributed by atoms with E-state index in [1.165, 1.54) is 70.6 Å². The van der Waals surface area contributed by atoms with Gasteiger partial charge in [-0.05, 0) is 77.0 Å². The maximum absolute atomic E-state index is 12.1. The second-order valence-corrected chi connectivity index (χ2v) is 11.2. The third kappa shape index (κ3) is 30.8. The van der Waals surface area contributed by atoms with Crippen LogP contribution in [0.1, 0.15) is 155 Å². The van der Waals surface area contributed by atoms with E-state index < -0.39 is 6.10 Å². The zero-order chi connectivity index (χ0) is 30.8. The SMILES string of the molecule is CCCCCC=CCC=CCC=CCCCCC(=O)OC(CO)COC(=O)CCCCCCCC=CCCCCCC. The van der Waals surface area contributed by atoms with Crippen molar-refractivity contribution < 1.29 is 24.2 Å². The highest BCUT2D eigenvalue weighted by Crippen LogP contribution is 2.10. The highest BCUT2D eigenvalue weighted by Gasteiger charge is 2.16. The first kappa shape index (κ1) is 39.9. The van der Waals surface area contributed by atoms with Crippen molar-refractivity contribution >= 4 is 11.9 Å². The van der Waals surface area contributed by atoms with Crippen LogP contribution in [-0.2, 0) is 19.1 Å². The molecule has 1 unspecified atom stereocenters. The van der Waals surface area contributed by atoms with Crippen LogP contribution >= 0.6 is 0 Å². The molecule has 1 N–H and O–H groups in total. The maximum atomic E-state index is 12.1. The van der Waals surface area contributed by atoms with Crippen LogP contribution in [0.25, 0.3) is 0 Å². The number of aliphatic hydroxyl groups excluding tert-OH is 1. The predicted octanol–water partition coefficient (Wildman–Crippen LogP) is 10.3. The molecule has 0 saturated heterocycles. The van der Waals surface area contributed by atoms with Crippen molar-refractivity contribution in [1.29, 1.82) is 0 Å². The van der Waals surface area contributed by atoms with E-state index in [0.29, 0.717) is 12.8 Å². The van der Waals surface area contributed by atoms with Gasteiger partial charge < -0.3 is 14.6 Å². The average Bonchev–Trinajstić information content (AvgIpc) is 2.99. The first-order valence-electron chi connectivity index (χ1n) is 17.2. The van der Waals surface area contributed by atoms with Gasteiger partial charge in [0.15, 0.2) is 6.10 Å².